The molecule has 0 fully saturated rings. The number of hydrogen-bond acceptors (Lipinski definition) is 3. The first-order valence-corrected chi connectivity index (χ1v) is 7.44. The van der Waals surface area contributed by atoms with Gasteiger partial charge in [-0.15, -0.1) is 11.3 Å². The lowest BCUT2D eigenvalue weighted by molar-refractivity contribution is 0.102. The number of nitrogens with zero attached hydrogens (tertiary/aromatic N) is 1. The number of nitrogens with one attached hydrogen (secondary N) is 1. The van der Waals surface area contributed by atoms with Gasteiger partial charge in [-0.2, -0.15) is 0 Å². The molecule has 0 bridgehead atoms. The number of carbonyl (C=O) groups is 1. The van der Waals surface area contributed by atoms with Crippen LogP contribution in [-0.4, -0.2) is 10.9 Å². The minimum Gasteiger partial charge on any atom is -0.320 e. The van der Waals surface area contributed by atoms with E-state index in [2.05, 4.69) is 15.8 Å². The Morgan fingerprint density at radius 1 is 1.40 bits per heavy atom. The van der Waals surface area contributed by atoms with Gasteiger partial charge in [0.05, 0.1) is 16.4 Å². The van der Waals surface area contributed by atoms with Crippen molar-refractivity contribution < 1.29 is 4.79 Å². The van der Waals surface area contributed by atoms with Crippen LogP contribution in [0.3, 0.4) is 0 Å². The van der Waals surface area contributed by atoms with Crippen molar-refractivity contribution in [2.45, 2.75) is 33.1 Å². The molecule has 1 radical (unpaired) electrons. The van der Waals surface area contributed by atoms with Crippen LogP contribution in [0.2, 0.25) is 5.02 Å². The van der Waals surface area contributed by atoms with Gasteiger partial charge in [0.25, 0.3) is 5.91 Å². The van der Waals surface area contributed by atoms with Crippen molar-refractivity contribution in [2.75, 3.05) is 5.32 Å². The van der Waals surface area contributed by atoms with E-state index in [-0.39, 0.29) is 11.3 Å². The zero-order valence-electron chi connectivity index (χ0n) is 11.9. The van der Waals surface area contributed by atoms with Crippen molar-refractivity contribution in [1.82, 2.24) is 4.98 Å². The Balaban J connectivity index is 2.32. The third-order valence-corrected chi connectivity index (χ3v) is 3.98. The van der Waals surface area contributed by atoms with Crippen molar-refractivity contribution in [1.29, 1.82) is 0 Å². The number of hydrogen-bond donors (Lipinski definition) is 1. The molecule has 0 unspecified atom stereocenters. The summed E-state index contributed by atoms with van der Waals surface area (Å²) in [5.74, 6) is -0.190. The second kappa shape index (κ2) is 5.54. The largest absolute Gasteiger partial charge is 0.320 e. The van der Waals surface area contributed by atoms with E-state index in [9.17, 15) is 4.79 Å². The van der Waals surface area contributed by atoms with Gasteiger partial charge in [0.15, 0.2) is 5.51 Å². The molecule has 0 atom stereocenters. The Morgan fingerprint density at radius 2 is 2.10 bits per heavy atom. The highest BCUT2D eigenvalue weighted by Gasteiger charge is 2.25. The Kier molecular flexibility index (Phi) is 4.16. The lowest BCUT2D eigenvalue weighted by atomic mass is 9.91. The molecule has 0 saturated carbocycles. The Morgan fingerprint density at radius 3 is 2.70 bits per heavy atom. The van der Waals surface area contributed by atoms with E-state index >= 15 is 0 Å². The number of aromatic nitrogens is 1. The number of thiazole rings is 1. The highest BCUT2D eigenvalue weighted by atomic mass is 35.5. The van der Waals surface area contributed by atoms with Crippen LogP contribution >= 0.6 is 22.9 Å². The molecule has 5 heteroatoms. The number of carbonyl (C=O) groups excluding carboxylic acids is 1. The van der Waals surface area contributed by atoms with Crippen LogP contribution in [0.15, 0.2) is 18.2 Å². The third-order valence-electron chi connectivity index (χ3n) is 2.90. The number of rotatable bonds is 2. The summed E-state index contributed by atoms with van der Waals surface area (Å²) >= 11 is 7.35. The van der Waals surface area contributed by atoms with Gasteiger partial charge in [-0.05, 0) is 18.6 Å². The van der Waals surface area contributed by atoms with Gasteiger partial charge < -0.3 is 5.32 Å². The summed E-state index contributed by atoms with van der Waals surface area (Å²) < 4.78 is 0. The lowest BCUT2D eigenvalue weighted by Crippen LogP contribution is -2.20. The average Bonchev–Trinajstić information content (AvgIpc) is 2.82. The summed E-state index contributed by atoms with van der Waals surface area (Å²) in [5.41, 5.74) is 4.93. The highest BCUT2D eigenvalue weighted by molar-refractivity contribution is 7.11. The van der Waals surface area contributed by atoms with Gasteiger partial charge in [0, 0.05) is 5.41 Å². The number of halogens is 1. The Labute approximate surface area is 128 Å². The molecule has 2 aromatic rings. The minimum absolute atomic E-state index is 0.190. The summed E-state index contributed by atoms with van der Waals surface area (Å²) in [7, 11) is 0. The van der Waals surface area contributed by atoms with E-state index in [4.69, 9.17) is 11.6 Å². The van der Waals surface area contributed by atoms with Crippen LogP contribution in [0.5, 0.6) is 0 Å². The van der Waals surface area contributed by atoms with Crippen molar-refractivity contribution in [3.8, 4) is 0 Å². The predicted octanol–water partition coefficient (Wildman–Crippen LogP) is 4.45. The number of anilines is 1. The fourth-order valence-electron chi connectivity index (χ4n) is 1.84. The van der Waals surface area contributed by atoms with Gasteiger partial charge in [0.1, 0.15) is 4.88 Å². The first kappa shape index (κ1) is 15.0. The topological polar surface area (TPSA) is 42.0 Å². The fourth-order valence-corrected chi connectivity index (χ4v) is 2.93. The molecule has 105 valence electrons. The monoisotopic (exact) mass is 307 g/mol. The van der Waals surface area contributed by atoms with Crippen molar-refractivity contribution in [3.05, 3.63) is 44.9 Å². The first-order valence-electron chi connectivity index (χ1n) is 6.24. The van der Waals surface area contributed by atoms with Gasteiger partial charge in [-0.1, -0.05) is 44.5 Å². The SMILES string of the molecule is Cc1cccc(Cl)c1NC(=O)c1s[c]nc1C(C)(C)C. The third kappa shape index (κ3) is 3.02. The lowest BCUT2D eigenvalue weighted by Gasteiger charge is -2.17. The van der Waals surface area contributed by atoms with Gasteiger partial charge in [0.2, 0.25) is 0 Å². The zero-order chi connectivity index (χ0) is 14.9. The van der Waals surface area contributed by atoms with Gasteiger partial charge in [-0.3, -0.25) is 4.79 Å². The van der Waals surface area contributed by atoms with E-state index in [1.165, 1.54) is 11.3 Å². The molecule has 1 aromatic heterocycles. The molecule has 0 spiro atoms. The van der Waals surface area contributed by atoms with Gasteiger partial charge >= 0.3 is 0 Å². The Hall–Kier alpha value is -1.39. The summed E-state index contributed by atoms with van der Waals surface area (Å²) in [4.78, 5) is 17.2. The molecule has 0 aliphatic heterocycles. The molecular formula is C15H16ClN2OS. The second-order valence-electron chi connectivity index (χ2n) is 5.62. The van der Waals surface area contributed by atoms with Crippen molar-refractivity contribution in [3.63, 3.8) is 0 Å². The number of para-hydroxylation sites is 1. The van der Waals surface area contributed by atoms with Crippen molar-refractivity contribution in [2.24, 2.45) is 0 Å². The molecule has 1 amide bonds. The van der Waals surface area contributed by atoms with Crippen LogP contribution in [0.4, 0.5) is 5.69 Å². The maximum absolute atomic E-state index is 12.4. The minimum atomic E-state index is -0.196. The summed E-state index contributed by atoms with van der Waals surface area (Å²) in [6.07, 6.45) is 0. The Bertz CT molecular complexity index is 623. The molecule has 0 aliphatic carbocycles. The maximum atomic E-state index is 12.4. The predicted molar refractivity (Wildman–Crippen MR) is 83.8 cm³/mol. The average molecular weight is 308 g/mol. The van der Waals surface area contributed by atoms with Crippen molar-refractivity contribution >= 4 is 34.5 Å². The highest BCUT2D eigenvalue weighted by Crippen LogP contribution is 2.30. The van der Waals surface area contributed by atoms with Crippen LogP contribution in [-0.2, 0) is 5.41 Å². The molecule has 2 rings (SSSR count). The number of aryl methyl sites for hydroxylation is 1. The first-order chi connectivity index (χ1) is 9.30. The smallest absolute Gasteiger partial charge is 0.267 e. The molecule has 1 heterocycles. The standard InChI is InChI=1S/C15H16ClN2OS/c1-9-6-5-7-10(16)11(9)18-14(19)12-13(15(2,3)4)17-8-20-12/h5-7H,1-4H3,(H,18,19). The molecule has 0 saturated heterocycles. The molecule has 3 nitrogen and oxygen atoms in total. The molecular weight excluding hydrogens is 292 g/mol. The van der Waals surface area contributed by atoms with E-state index in [1.54, 1.807) is 6.07 Å². The van der Waals surface area contributed by atoms with Crippen LogP contribution < -0.4 is 5.32 Å². The van der Waals surface area contributed by atoms with E-state index in [1.807, 2.05) is 39.8 Å². The number of amides is 1. The summed E-state index contributed by atoms with van der Waals surface area (Å²) in [5, 5.41) is 3.40. The van der Waals surface area contributed by atoms with E-state index in [0.717, 1.165) is 11.3 Å². The number of benzene rings is 1. The van der Waals surface area contributed by atoms with Gasteiger partial charge in [-0.25, -0.2) is 4.98 Å². The van der Waals surface area contributed by atoms with Crippen LogP contribution in [0.1, 0.15) is 41.7 Å². The van der Waals surface area contributed by atoms with Crippen LogP contribution in [0, 0.1) is 12.4 Å². The van der Waals surface area contributed by atoms with Crippen LogP contribution in [0.25, 0.3) is 0 Å². The quantitative estimate of drug-likeness (QED) is 0.890. The molecule has 0 aliphatic rings. The summed E-state index contributed by atoms with van der Waals surface area (Å²) in [6.45, 7) is 7.97. The maximum Gasteiger partial charge on any atom is 0.267 e. The molecule has 20 heavy (non-hydrogen) atoms. The fraction of sp³-hybridized carbons (Fsp3) is 0.333. The zero-order valence-corrected chi connectivity index (χ0v) is 13.4. The molecule has 1 aromatic carbocycles. The normalized spacial score (nSPS) is 11.4. The summed E-state index contributed by atoms with van der Waals surface area (Å²) in [6, 6.07) is 5.52. The molecule has 1 N–H and O–H groups in total. The van der Waals surface area contributed by atoms with E-state index in [0.29, 0.717) is 15.6 Å². The van der Waals surface area contributed by atoms with E-state index < -0.39 is 0 Å². The second-order valence-corrected chi connectivity index (χ2v) is 6.82.